The van der Waals surface area contributed by atoms with Crippen LogP contribution in [0.4, 0.5) is 5.69 Å². The fourth-order valence-electron chi connectivity index (χ4n) is 2.00. The molecule has 0 aliphatic rings. The number of anilines is 1. The van der Waals surface area contributed by atoms with Gasteiger partial charge in [-0.15, -0.1) is 0 Å². The van der Waals surface area contributed by atoms with Crippen molar-refractivity contribution in [2.75, 3.05) is 5.43 Å². The summed E-state index contributed by atoms with van der Waals surface area (Å²) in [5, 5.41) is 17.5. The predicted molar refractivity (Wildman–Crippen MR) is 96.9 cm³/mol. The molecule has 0 radical (unpaired) electrons. The predicted octanol–water partition coefficient (Wildman–Crippen LogP) is 3.15. The summed E-state index contributed by atoms with van der Waals surface area (Å²) >= 11 is 3.28. The van der Waals surface area contributed by atoms with E-state index in [-0.39, 0.29) is 11.3 Å². The van der Waals surface area contributed by atoms with E-state index in [1.165, 1.54) is 10.9 Å². The minimum atomic E-state index is -0.286. The first-order valence-electron chi connectivity index (χ1n) is 7.06. The van der Waals surface area contributed by atoms with Crippen molar-refractivity contribution in [2.45, 2.75) is 0 Å². The number of para-hydroxylation sites is 1. The number of aromatic hydroxyl groups is 1. The van der Waals surface area contributed by atoms with Crippen molar-refractivity contribution < 1.29 is 5.11 Å². The molecular formula is C17H13BrN4O2. The average molecular weight is 385 g/mol. The number of hydrazone groups is 1. The van der Waals surface area contributed by atoms with Crippen LogP contribution in [0.5, 0.6) is 5.75 Å². The lowest BCUT2D eigenvalue weighted by molar-refractivity contribution is 0.475. The molecule has 3 aromatic rings. The Bertz CT molecular complexity index is 922. The smallest absolute Gasteiger partial charge is 0.287 e. The van der Waals surface area contributed by atoms with Gasteiger partial charge in [-0.2, -0.15) is 14.9 Å². The number of phenols is 1. The van der Waals surface area contributed by atoms with Crippen LogP contribution in [0.2, 0.25) is 0 Å². The van der Waals surface area contributed by atoms with Crippen molar-refractivity contribution >= 4 is 27.8 Å². The number of phenolic OH excluding ortho intramolecular Hbond substituents is 1. The van der Waals surface area contributed by atoms with Gasteiger partial charge in [0.05, 0.1) is 23.8 Å². The number of hydrogen-bond donors (Lipinski definition) is 2. The van der Waals surface area contributed by atoms with Crippen molar-refractivity contribution in [1.29, 1.82) is 0 Å². The lowest BCUT2D eigenvalue weighted by Gasteiger charge is -2.07. The Morgan fingerprint density at radius 2 is 1.83 bits per heavy atom. The summed E-state index contributed by atoms with van der Waals surface area (Å²) in [7, 11) is 0. The Hall–Kier alpha value is -2.93. The first-order chi connectivity index (χ1) is 11.6. The van der Waals surface area contributed by atoms with E-state index in [2.05, 4.69) is 31.6 Å². The second-order valence-electron chi connectivity index (χ2n) is 4.89. The fourth-order valence-corrected chi connectivity index (χ4v) is 2.36. The van der Waals surface area contributed by atoms with Gasteiger partial charge in [0, 0.05) is 0 Å². The number of aromatic nitrogens is 2. The molecule has 0 fully saturated rings. The molecule has 0 saturated heterocycles. The molecule has 120 valence electrons. The normalized spacial score (nSPS) is 10.9. The minimum Gasteiger partial charge on any atom is -0.508 e. The topological polar surface area (TPSA) is 79.5 Å². The van der Waals surface area contributed by atoms with Crippen LogP contribution in [0.3, 0.4) is 0 Å². The van der Waals surface area contributed by atoms with Crippen LogP contribution in [0.25, 0.3) is 5.69 Å². The van der Waals surface area contributed by atoms with E-state index in [1.807, 2.05) is 18.2 Å². The largest absolute Gasteiger partial charge is 0.508 e. The summed E-state index contributed by atoms with van der Waals surface area (Å²) in [6.07, 6.45) is 3.10. The van der Waals surface area contributed by atoms with Gasteiger partial charge in [-0.25, -0.2) is 0 Å². The second kappa shape index (κ2) is 7.10. The number of rotatable bonds is 4. The van der Waals surface area contributed by atoms with Crippen molar-refractivity contribution in [1.82, 2.24) is 9.78 Å². The lowest BCUT2D eigenvalue weighted by atomic mass is 10.2. The van der Waals surface area contributed by atoms with Gasteiger partial charge in [0.2, 0.25) is 0 Å². The van der Waals surface area contributed by atoms with Crippen molar-refractivity contribution in [3.8, 4) is 11.4 Å². The van der Waals surface area contributed by atoms with Gasteiger partial charge in [-0.05, 0) is 57.9 Å². The maximum Gasteiger partial charge on any atom is 0.287 e. The van der Waals surface area contributed by atoms with E-state index in [0.29, 0.717) is 15.8 Å². The molecule has 0 aliphatic carbocycles. The van der Waals surface area contributed by atoms with E-state index in [0.717, 1.165) is 5.56 Å². The Morgan fingerprint density at radius 3 is 2.54 bits per heavy atom. The molecule has 1 heterocycles. The highest BCUT2D eigenvalue weighted by molar-refractivity contribution is 9.10. The van der Waals surface area contributed by atoms with Crippen LogP contribution < -0.4 is 11.0 Å². The van der Waals surface area contributed by atoms with Crippen LogP contribution in [0, 0.1) is 0 Å². The van der Waals surface area contributed by atoms with E-state index in [9.17, 15) is 9.90 Å². The average Bonchev–Trinajstić information content (AvgIpc) is 2.61. The summed E-state index contributed by atoms with van der Waals surface area (Å²) in [6.45, 7) is 0. The monoisotopic (exact) mass is 384 g/mol. The van der Waals surface area contributed by atoms with Gasteiger partial charge < -0.3 is 5.11 Å². The van der Waals surface area contributed by atoms with Crippen LogP contribution in [-0.4, -0.2) is 21.1 Å². The molecule has 0 amide bonds. The zero-order valence-corrected chi connectivity index (χ0v) is 14.0. The Balaban J connectivity index is 1.81. The summed E-state index contributed by atoms with van der Waals surface area (Å²) in [5.41, 5.74) is 4.44. The molecule has 7 heteroatoms. The molecule has 0 bridgehead atoms. The van der Waals surface area contributed by atoms with E-state index >= 15 is 0 Å². The molecule has 3 rings (SSSR count). The van der Waals surface area contributed by atoms with Crippen molar-refractivity contribution in [2.24, 2.45) is 5.10 Å². The quantitative estimate of drug-likeness (QED) is 0.534. The minimum absolute atomic E-state index is 0.191. The molecule has 24 heavy (non-hydrogen) atoms. The second-order valence-corrected chi connectivity index (χ2v) is 5.68. The summed E-state index contributed by atoms with van der Waals surface area (Å²) in [5.74, 6) is 0.191. The zero-order chi connectivity index (χ0) is 16.9. The van der Waals surface area contributed by atoms with E-state index in [1.54, 1.807) is 42.6 Å². The Labute approximate surface area is 146 Å². The molecule has 0 spiro atoms. The molecule has 0 aliphatic heterocycles. The number of nitrogens with zero attached hydrogens (tertiary/aromatic N) is 3. The fraction of sp³-hybridized carbons (Fsp3) is 0. The highest BCUT2D eigenvalue weighted by Crippen LogP contribution is 2.17. The standard InChI is InChI=1S/C17H13BrN4O2/c18-16-15(21-19-10-12-6-8-14(23)9-7-12)11-20-22(17(16)24)13-4-2-1-3-5-13/h1-11,21,23H/b19-10+. The summed E-state index contributed by atoms with van der Waals surface area (Å²) in [4.78, 5) is 12.4. The molecular weight excluding hydrogens is 372 g/mol. The molecule has 6 nitrogen and oxygen atoms in total. The number of hydrogen-bond acceptors (Lipinski definition) is 5. The lowest BCUT2D eigenvalue weighted by Crippen LogP contribution is -2.22. The van der Waals surface area contributed by atoms with Gasteiger partial charge >= 0.3 is 0 Å². The first kappa shape index (κ1) is 15.9. The SMILES string of the molecule is O=c1c(Br)c(N/N=C/c2ccc(O)cc2)cnn1-c1ccccc1. The third kappa shape index (κ3) is 3.52. The molecule has 2 N–H and O–H groups in total. The van der Waals surface area contributed by atoms with Gasteiger partial charge in [-0.3, -0.25) is 10.2 Å². The Kier molecular flexibility index (Phi) is 4.72. The third-order valence-corrected chi connectivity index (χ3v) is 3.98. The van der Waals surface area contributed by atoms with Gasteiger partial charge in [-0.1, -0.05) is 18.2 Å². The van der Waals surface area contributed by atoms with Crippen LogP contribution in [0.15, 0.2) is 75.2 Å². The third-order valence-electron chi connectivity index (χ3n) is 3.21. The summed E-state index contributed by atoms with van der Waals surface area (Å²) < 4.78 is 1.64. The van der Waals surface area contributed by atoms with Crippen molar-refractivity contribution in [3.05, 3.63) is 81.2 Å². The number of nitrogens with one attached hydrogen (secondary N) is 1. The first-order valence-corrected chi connectivity index (χ1v) is 7.86. The van der Waals surface area contributed by atoms with Gasteiger partial charge in [0.1, 0.15) is 10.2 Å². The zero-order valence-electron chi connectivity index (χ0n) is 12.4. The van der Waals surface area contributed by atoms with Crippen LogP contribution in [-0.2, 0) is 0 Å². The van der Waals surface area contributed by atoms with Crippen molar-refractivity contribution in [3.63, 3.8) is 0 Å². The molecule has 1 aromatic heterocycles. The Morgan fingerprint density at radius 1 is 1.12 bits per heavy atom. The van der Waals surface area contributed by atoms with Crippen LogP contribution >= 0.6 is 15.9 Å². The maximum atomic E-state index is 12.4. The molecule has 0 atom stereocenters. The highest BCUT2D eigenvalue weighted by Gasteiger charge is 2.09. The van der Waals surface area contributed by atoms with E-state index < -0.39 is 0 Å². The van der Waals surface area contributed by atoms with E-state index in [4.69, 9.17) is 0 Å². The van der Waals surface area contributed by atoms with Gasteiger partial charge in [0.25, 0.3) is 5.56 Å². The molecule has 2 aromatic carbocycles. The highest BCUT2D eigenvalue weighted by atomic mass is 79.9. The maximum absolute atomic E-state index is 12.4. The molecule has 0 saturated carbocycles. The molecule has 0 unspecified atom stereocenters. The number of halogens is 1. The summed E-state index contributed by atoms with van der Waals surface area (Å²) in [6, 6.07) is 15.7. The van der Waals surface area contributed by atoms with Crippen LogP contribution in [0.1, 0.15) is 5.56 Å². The number of benzene rings is 2. The van der Waals surface area contributed by atoms with Gasteiger partial charge in [0.15, 0.2) is 0 Å².